The Morgan fingerprint density at radius 1 is 1.00 bits per heavy atom. The number of hydrogen-bond acceptors (Lipinski definition) is 1. The van der Waals surface area contributed by atoms with Crippen LogP contribution in [0.2, 0.25) is 0 Å². The van der Waals surface area contributed by atoms with E-state index in [9.17, 15) is 0 Å². The van der Waals surface area contributed by atoms with E-state index >= 15 is 0 Å². The Kier molecular flexibility index (Phi) is 10.1. The van der Waals surface area contributed by atoms with Gasteiger partial charge >= 0.3 is 0 Å². The molecule has 1 aromatic carbocycles. The number of aryl methyl sites for hydroxylation is 1. The van der Waals surface area contributed by atoms with Gasteiger partial charge in [-0.25, -0.2) is 0 Å². The summed E-state index contributed by atoms with van der Waals surface area (Å²) in [4.78, 5) is 0. The summed E-state index contributed by atoms with van der Waals surface area (Å²) in [6.45, 7) is 6.77. The Bertz CT molecular complexity index is 251. The minimum Gasteiger partial charge on any atom is -0.396 e. The molecule has 0 saturated heterocycles. The standard InChI is InChI=1S/C9H12O.C6H14/c1-8-4-2-3-5-9(8)6-7-10;1-3-5-6-4-2/h2-5,10H,6-7H2,1H3;3-6H2,1-2H3. The quantitative estimate of drug-likeness (QED) is 0.743. The van der Waals surface area contributed by atoms with Gasteiger partial charge in [-0.1, -0.05) is 63.8 Å². The summed E-state index contributed by atoms with van der Waals surface area (Å²) in [7, 11) is 0. The molecule has 0 heterocycles. The molecule has 0 unspecified atom stereocenters. The molecule has 0 saturated carbocycles. The molecule has 0 aromatic heterocycles. The van der Waals surface area contributed by atoms with Gasteiger partial charge in [0.25, 0.3) is 0 Å². The molecule has 0 bridgehead atoms. The van der Waals surface area contributed by atoms with Gasteiger partial charge in [0.1, 0.15) is 0 Å². The van der Waals surface area contributed by atoms with Crippen molar-refractivity contribution in [2.24, 2.45) is 0 Å². The maximum atomic E-state index is 8.64. The van der Waals surface area contributed by atoms with Gasteiger partial charge in [0.05, 0.1) is 0 Å². The molecule has 1 rings (SSSR count). The molecular formula is C15H26O. The van der Waals surface area contributed by atoms with Gasteiger partial charge in [0.2, 0.25) is 0 Å². The number of benzene rings is 1. The van der Waals surface area contributed by atoms with Crippen LogP contribution in [0.4, 0.5) is 0 Å². The summed E-state index contributed by atoms with van der Waals surface area (Å²) >= 11 is 0. The van der Waals surface area contributed by atoms with Gasteiger partial charge < -0.3 is 5.11 Å². The van der Waals surface area contributed by atoms with Crippen LogP contribution in [-0.4, -0.2) is 11.7 Å². The zero-order chi connectivity index (χ0) is 12.2. The summed E-state index contributed by atoms with van der Waals surface area (Å²) in [5.74, 6) is 0. The van der Waals surface area contributed by atoms with Crippen LogP contribution in [0.5, 0.6) is 0 Å². The smallest absolute Gasteiger partial charge is 0.0471 e. The minimum absolute atomic E-state index is 0.241. The largest absolute Gasteiger partial charge is 0.396 e. The highest BCUT2D eigenvalue weighted by Crippen LogP contribution is 2.06. The molecule has 0 aliphatic heterocycles. The molecule has 1 aromatic rings. The molecule has 0 fully saturated rings. The molecular weight excluding hydrogens is 196 g/mol. The second-order valence-electron chi connectivity index (χ2n) is 4.11. The van der Waals surface area contributed by atoms with E-state index in [1.54, 1.807) is 0 Å². The number of rotatable bonds is 5. The van der Waals surface area contributed by atoms with Gasteiger partial charge in [-0.2, -0.15) is 0 Å². The Morgan fingerprint density at radius 2 is 1.56 bits per heavy atom. The van der Waals surface area contributed by atoms with Crippen LogP contribution in [0.15, 0.2) is 24.3 Å². The zero-order valence-electron chi connectivity index (χ0n) is 11.0. The summed E-state index contributed by atoms with van der Waals surface area (Å²) in [5.41, 5.74) is 2.50. The number of unbranched alkanes of at least 4 members (excludes halogenated alkanes) is 3. The third-order valence-corrected chi connectivity index (χ3v) is 2.60. The van der Waals surface area contributed by atoms with Crippen LogP contribution >= 0.6 is 0 Å². The lowest BCUT2D eigenvalue weighted by Crippen LogP contribution is -1.92. The van der Waals surface area contributed by atoms with E-state index in [-0.39, 0.29) is 6.61 Å². The van der Waals surface area contributed by atoms with E-state index in [0.29, 0.717) is 0 Å². The molecule has 1 heteroatoms. The molecule has 1 nitrogen and oxygen atoms in total. The lowest BCUT2D eigenvalue weighted by molar-refractivity contribution is 0.299. The van der Waals surface area contributed by atoms with E-state index in [2.05, 4.69) is 26.8 Å². The fraction of sp³-hybridized carbons (Fsp3) is 0.600. The molecule has 0 aliphatic rings. The molecule has 92 valence electrons. The first-order chi connectivity index (χ1) is 7.76. The lowest BCUT2D eigenvalue weighted by Gasteiger charge is -2.00. The van der Waals surface area contributed by atoms with Crippen LogP contribution in [-0.2, 0) is 6.42 Å². The fourth-order valence-electron chi connectivity index (χ4n) is 1.51. The van der Waals surface area contributed by atoms with Crippen molar-refractivity contribution in [3.63, 3.8) is 0 Å². The highest BCUT2D eigenvalue weighted by Gasteiger charge is 1.93. The average molecular weight is 222 g/mol. The first-order valence-corrected chi connectivity index (χ1v) is 6.41. The Labute approximate surface area is 101 Å². The highest BCUT2D eigenvalue weighted by atomic mass is 16.2. The van der Waals surface area contributed by atoms with Crippen molar-refractivity contribution in [2.45, 2.75) is 52.9 Å². The summed E-state index contributed by atoms with van der Waals surface area (Å²) in [6, 6.07) is 8.12. The van der Waals surface area contributed by atoms with Crippen molar-refractivity contribution in [2.75, 3.05) is 6.61 Å². The second-order valence-corrected chi connectivity index (χ2v) is 4.11. The topological polar surface area (TPSA) is 20.2 Å². The van der Waals surface area contributed by atoms with Crippen molar-refractivity contribution in [1.82, 2.24) is 0 Å². The van der Waals surface area contributed by atoms with Gasteiger partial charge in [0.15, 0.2) is 0 Å². The third-order valence-electron chi connectivity index (χ3n) is 2.60. The van der Waals surface area contributed by atoms with Crippen LogP contribution in [0.25, 0.3) is 0 Å². The summed E-state index contributed by atoms with van der Waals surface area (Å²) < 4.78 is 0. The van der Waals surface area contributed by atoms with E-state index in [1.807, 2.05) is 18.2 Å². The van der Waals surface area contributed by atoms with E-state index in [1.165, 1.54) is 36.8 Å². The van der Waals surface area contributed by atoms with Gasteiger partial charge in [-0.05, 0) is 24.5 Å². The third kappa shape index (κ3) is 7.47. The number of hydrogen-bond donors (Lipinski definition) is 1. The maximum Gasteiger partial charge on any atom is 0.0471 e. The normalized spacial score (nSPS) is 9.50. The SMILES string of the molecule is CCCCCC.Cc1ccccc1CCO. The Morgan fingerprint density at radius 3 is 2.00 bits per heavy atom. The predicted octanol–water partition coefficient (Wildman–Crippen LogP) is 4.12. The van der Waals surface area contributed by atoms with E-state index in [4.69, 9.17) is 5.11 Å². The average Bonchev–Trinajstić information content (AvgIpc) is 2.31. The summed E-state index contributed by atoms with van der Waals surface area (Å²) in [5, 5.41) is 8.64. The Hall–Kier alpha value is -0.820. The van der Waals surface area contributed by atoms with E-state index < -0.39 is 0 Å². The minimum atomic E-state index is 0.241. The summed E-state index contributed by atoms with van der Waals surface area (Å²) in [6.07, 6.45) is 6.31. The molecule has 1 N–H and O–H groups in total. The fourth-order valence-corrected chi connectivity index (χ4v) is 1.51. The molecule has 0 atom stereocenters. The first-order valence-electron chi connectivity index (χ1n) is 6.41. The van der Waals surface area contributed by atoms with Crippen molar-refractivity contribution < 1.29 is 5.11 Å². The maximum absolute atomic E-state index is 8.64. The van der Waals surface area contributed by atoms with Crippen molar-refractivity contribution in [1.29, 1.82) is 0 Å². The van der Waals surface area contributed by atoms with Crippen LogP contribution < -0.4 is 0 Å². The highest BCUT2D eigenvalue weighted by molar-refractivity contribution is 5.25. The molecule has 0 aliphatic carbocycles. The Balaban J connectivity index is 0.000000325. The lowest BCUT2D eigenvalue weighted by atomic mass is 10.1. The molecule has 0 amide bonds. The van der Waals surface area contributed by atoms with Crippen molar-refractivity contribution >= 4 is 0 Å². The van der Waals surface area contributed by atoms with Crippen molar-refractivity contribution in [3.8, 4) is 0 Å². The van der Waals surface area contributed by atoms with Gasteiger partial charge in [-0.3, -0.25) is 0 Å². The van der Waals surface area contributed by atoms with Gasteiger partial charge in [0, 0.05) is 6.61 Å². The van der Waals surface area contributed by atoms with Gasteiger partial charge in [-0.15, -0.1) is 0 Å². The predicted molar refractivity (Wildman–Crippen MR) is 71.8 cm³/mol. The van der Waals surface area contributed by atoms with Crippen LogP contribution in [0.1, 0.15) is 50.7 Å². The van der Waals surface area contributed by atoms with Crippen LogP contribution in [0.3, 0.4) is 0 Å². The zero-order valence-corrected chi connectivity index (χ0v) is 11.0. The van der Waals surface area contributed by atoms with Crippen LogP contribution in [0, 0.1) is 6.92 Å². The van der Waals surface area contributed by atoms with E-state index in [0.717, 1.165) is 6.42 Å². The second kappa shape index (κ2) is 10.7. The molecule has 0 radical (unpaired) electrons. The van der Waals surface area contributed by atoms with Crippen molar-refractivity contribution in [3.05, 3.63) is 35.4 Å². The molecule has 0 spiro atoms. The monoisotopic (exact) mass is 222 g/mol. The number of aliphatic hydroxyl groups is 1. The number of aliphatic hydroxyl groups excluding tert-OH is 1. The molecule has 16 heavy (non-hydrogen) atoms. The first kappa shape index (κ1) is 15.2.